The van der Waals surface area contributed by atoms with Crippen LogP contribution in [0.1, 0.15) is 110 Å². The topological polar surface area (TPSA) is 77.4 Å². The largest absolute Gasteiger partial charge is 1.00 e. The van der Waals surface area contributed by atoms with Crippen LogP contribution in [0.3, 0.4) is 0 Å². The average Bonchev–Trinajstić information content (AvgIpc) is 2.49. The summed E-state index contributed by atoms with van der Waals surface area (Å²) in [6.45, 7) is 3.92. The second-order valence-corrected chi connectivity index (χ2v) is 8.87. The Kier molecular flexibility index (Phi) is 20.5. The van der Waals surface area contributed by atoms with Crippen LogP contribution >= 0.6 is 0 Å². The van der Waals surface area contributed by atoms with E-state index >= 15 is 0 Å². The summed E-state index contributed by atoms with van der Waals surface area (Å²) < 4.78 is 33.9. The third kappa shape index (κ3) is 19.4. The summed E-state index contributed by atoms with van der Waals surface area (Å²) in [6, 6.07) is 0. The van der Waals surface area contributed by atoms with Gasteiger partial charge in [0.2, 0.25) is 0 Å². The number of hydrogen-bond acceptors (Lipinski definition) is 4. The first-order chi connectivity index (χ1) is 11.4. The summed E-state index contributed by atoms with van der Waals surface area (Å²) in [5, 5.41) is 8.45. The van der Waals surface area contributed by atoms with Gasteiger partial charge in [-0.2, -0.15) is 0 Å². The predicted molar refractivity (Wildman–Crippen MR) is 100 cm³/mol. The smallest absolute Gasteiger partial charge is 0.748 e. The molecule has 0 aromatic heterocycles. The summed E-state index contributed by atoms with van der Waals surface area (Å²) in [5.74, 6) is 0. The van der Waals surface area contributed by atoms with Crippen LogP contribution in [0.5, 0.6) is 0 Å². The van der Waals surface area contributed by atoms with Crippen LogP contribution < -0.4 is 29.6 Å². The van der Waals surface area contributed by atoms with Crippen LogP contribution in [0.2, 0.25) is 0 Å². The van der Waals surface area contributed by atoms with Crippen LogP contribution in [0.15, 0.2) is 0 Å². The van der Waals surface area contributed by atoms with Crippen molar-refractivity contribution in [1.29, 1.82) is 0 Å². The molecule has 6 heteroatoms. The number of unbranched alkanes of at least 4 members (excludes halogenated alkanes) is 10. The molecule has 0 heterocycles. The Morgan fingerprint density at radius 2 is 1.16 bits per heavy atom. The van der Waals surface area contributed by atoms with Gasteiger partial charge in [0.1, 0.15) is 0 Å². The van der Waals surface area contributed by atoms with Gasteiger partial charge in [0, 0.05) is 5.25 Å². The summed E-state index contributed by atoms with van der Waals surface area (Å²) >= 11 is 0. The maximum absolute atomic E-state index is 11.3. The fourth-order valence-corrected chi connectivity index (χ4v) is 4.02. The van der Waals surface area contributed by atoms with Crippen LogP contribution in [0.25, 0.3) is 0 Å². The molecule has 2 unspecified atom stereocenters. The number of aliphatic hydroxyl groups excluding tert-OH is 1. The first-order valence-corrected chi connectivity index (χ1v) is 11.5. The van der Waals surface area contributed by atoms with Gasteiger partial charge in [-0.1, -0.05) is 77.6 Å². The molecule has 0 radical (unpaired) electrons. The number of aliphatic hydroxyl groups is 1. The van der Waals surface area contributed by atoms with E-state index < -0.39 is 21.5 Å². The van der Waals surface area contributed by atoms with Crippen molar-refractivity contribution < 1.29 is 47.6 Å². The van der Waals surface area contributed by atoms with Gasteiger partial charge < -0.3 is 9.66 Å². The monoisotopic (exact) mass is 386 g/mol. The Labute approximate surface area is 178 Å². The molecular formula is C19H39NaO4S. The molecule has 4 nitrogen and oxygen atoms in total. The molecule has 0 saturated heterocycles. The van der Waals surface area contributed by atoms with Gasteiger partial charge in [0.05, 0.1) is 16.2 Å². The standard InChI is InChI=1S/C19H40O4S.Na/c1-3-4-5-6-7-8-9-10-11-12-13-16-19(24(21,22)23)17-14-15-18(2)20;/h18-20H,3-17H2,1-2H3,(H,21,22,23);/q;+1/p-1. The molecule has 0 rings (SSSR count). The molecule has 0 spiro atoms. The van der Waals surface area contributed by atoms with Crippen LogP contribution in [-0.4, -0.2) is 29.4 Å². The minimum Gasteiger partial charge on any atom is -0.748 e. The van der Waals surface area contributed by atoms with Crippen molar-refractivity contribution in [3.8, 4) is 0 Å². The van der Waals surface area contributed by atoms with Crippen molar-refractivity contribution in [3.63, 3.8) is 0 Å². The van der Waals surface area contributed by atoms with E-state index in [1.807, 2.05) is 0 Å². The molecule has 0 aromatic carbocycles. The maximum atomic E-state index is 11.3. The Morgan fingerprint density at radius 3 is 1.56 bits per heavy atom. The molecular weight excluding hydrogens is 347 g/mol. The second-order valence-electron chi connectivity index (χ2n) is 7.22. The molecule has 0 aromatic rings. The Hall–Kier alpha value is 0.870. The third-order valence-electron chi connectivity index (χ3n) is 4.69. The Morgan fingerprint density at radius 1 is 0.760 bits per heavy atom. The SMILES string of the molecule is CCCCCCCCCCCCCC(CCCC(C)O)S(=O)(=O)[O-].[Na+]. The molecule has 0 saturated carbocycles. The quantitative estimate of drug-likeness (QED) is 0.236. The average molecular weight is 387 g/mol. The van der Waals surface area contributed by atoms with Gasteiger partial charge in [-0.15, -0.1) is 0 Å². The molecule has 146 valence electrons. The molecule has 0 fully saturated rings. The Bertz CT molecular complexity index is 372. The normalized spacial score (nSPS) is 14.1. The fourth-order valence-electron chi connectivity index (χ4n) is 3.11. The van der Waals surface area contributed by atoms with Gasteiger partial charge in [0.25, 0.3) is 0 Å². The predicted octanol–water partition coefficient (Wildman–Crippen LogP) is 2.16. The van der Waals surface area contributed by atoms with E-state index in [0.717, 1.165) is 19.3 Å². The van der Waals surface area contributed by atoms with Crippen molar-refractivity contribution in [2.24, 2.45) is 0 Å². The van der Waals surface area contributed by atoms with E-state index in [9.17, 15) is 18.1 Å². The number of rotatable bonds is 17. The van der Waals surface area contributed by atoms with Gasteiger partial charge in [-0.3, -0.25) is 0 Å². The van der Waals surface area contributed by atoms with Crippen molar-refractivity contribution in [1.82, 2.24) is 0 Å². The van der Waals surface area contributed by atoms with Gasteiger partial charge in [-0.05, 0) is 32.6 Å². The van der Waals surface area contributed by atoms with Crippen LogP contribution in [0, 0.1) is 0 Å². The molecule has 0 aliphatic heterocycles. The maximum Gasteiger partial charge on any atom is 1.00 e. The third-order valence-corrected chi connectivity index (χ3v) is 5.97. The summed E-state index contributed by atoms with van der Waals surface area (Å²) in [4.78, 5) is 0. The van der Waals surface area contributed by atoms with Crippen molar-refractivity contribution in [2.75, 3.05) is 0 Å². The van der Waals surface area contributed by atoms with Gasteiger partial charge in [0.15, 0.2) is 0 Å². The minimum atomic E-state index is -4.21. The summed E-state index contributed by atoms with van der Waals surface area (Å²) in [7, 11) is -4.21. The fraction of sp³-hybridized carbons (Fsp3) is 1.00. The summed E-state index contributed by atoms with van der Waals surface area (Å²) in [5.41, 5.74) is 0. The van der Waals surface area contributed by atoms with E-state index in [1.54, 1.807) is 6.92 Å². The molecule has 0 amide bonds. The molecule has 0 aliphatic carbocycles. The van der Waals surface area contributed by atoms with Crippen molar-refractivity contribution in [3.05, 3.63) is 0 Å². The zero-order chi connectivity index (χ0) is 18.3. The van der Waals surface area contributed by atoms with E-state index in [2.05, 4.69) is 6.92 Å². The first kappa shape index (κ1) is 28.1. The second kappa shape index (κ2) is 18.2. The van der Waals surface area contributed by atoms with Crippen LogP contribution in [-0.2, 0) is 10.1 Å². The molecule has 25 heavy (non-hydrogen) atoms. The van der Waals surface area contributed by atoms with Crippen molar-refractivity contribution >= 4 is 10.1 Å². The van der Waals surface area contributed by atoms with Crippen molar-refractivity contribution in [2.45, 2.75) is 122 Å². The van der Waals surface area contributed by atoms with E-state index in [1.165, 1.54) is 51.4 Å². The zero-order valence-electron chi connectivity index (χ0n) is 16.8. The molecule has 0 aliphatic rings. The van der Waals surface area contributed by atoms with Crippen LogP contribution in [0.4, 0.5) is 0 Å². The molecule has 0 bridgehead atoms. The number of hydrogen-bond donors (Lipinski definition) is 1. The summed E-state index contributed by atoms with van der Waals surface area (Å²) in [6.07, 6.45) is 15.0. The zero-order valence-corrected chi connectivity index (χ0v) is 19.7. The van der Waals surface area contributed by atoms with Gasteiger partial charge >= 0.3 is 29.6 Å². The first-order valence-electron chi connectivity index (χ1n) is 10.0. The van der Waals surface area contributed by atoms with Gasteiger partial charge in [-0.25, -0.2) is 8.42 Å². The van der Waals surface area contributed by atoms with E-state index in [4.69, 9.17) is 0 Å². The van der Waals surface area contributed by atoms with E-state index in [-0.39, 0.29) is 29.6 Å². The molecule has 2 atom stereocenters. The Balaban J connectivity index is 0. The minimum absolute atomic E-state index is 0. The molecule has 1 N–H and O–H groups in total. The van der Waals surface area contributed by atoms with E-state index in [0.29, 0.717) is 25.7 Å².